The van der Waals surface area contributed by atoms with Crippen LogP contribution in [-0.2, 0) is 9.53 Å². The van der Waals surface area contributed by atoms with Gasteiger partial charge >= 0.3 is 5.97 Å². The molecule has 0 aliphatic heterocycles. The summed E-state index contributed by atoms with van der Waals surface area (Å²) in [6, 6.07) is 0.117. The maximum Gasteiger partial charge on any atom is 0.326 e. The first-order valence-corrected chi connectivity index (χ1v) is 5.44. The molecule has 0 spiro atoms. The van der Waals surface area contributed by atoms with Crippen LogP contribution in [0.25, 0.3) is 0 Å². The van der Waals surface area contributed by atoms with Crippen LogP contribution < -0.4 is 5.32 Å². The highest BCUT2D eigenvalue weighted by Crippen LogP contribution is 2.09. The third kappa shape index (κ3) is 5.14. The number of ether oxygens (including phenoxy) is 1. The van der Waals surface area contributed by atoms with Crippen LogP contribution in [0.3, 0.4) is 0 Å². The lowest BCUT2D eigenvalue weighted by atomic mass is 10.0. The second-order valence-corrected chi connectivity index (χ2v) is 4.47. The van der Waals surface area contributed by atoms with Gasteiger partial charge in [-0.25, -0.2) is 0 Å². The number of nitrogens with one attached hydrogen (secondary N) is 1. The summed E-state index contributed by atoms with van der Waals surface area (Å²) in [6.07, 6.45) is 0.981. The highest BCUT2D eigenvalue weighted by atomic mass is 16.5. The zero-order valence-corrected chi connectivity index (χ0v) is 10.3. The van der Waals surface area contributed by atoms with Gasteiger partial charge in [-0.3, -0.25) is 10.1 Å². The van der Waals surface area contributed by atoms with Crippen molar-refractivity contribution in [3.8, 4) is 0 Å². The molecule has 4 heteroatoms. The van der Waals surface area contributed by atoms with Crippen molar-refractivity contribution in [1.82, 2.24) is 5.32 Å². The van der Waals surface area contributed by atoms with E-state index in [0.29, 0.717) is 0 Å². The summed E-state index contributed by atoms with van der Waals surface area (Å²) in [6.45, 7) is 9.64. The SMILES string of the molecule is CCC(C)OCC(C)(NC(C)C)C(=O)O. The molecule has 15 heavy (non-hydrogen) atoms. The summed E-state index contributed by atoms with van der Waals surface area (Å²) in [5.74, 6) is -0.875. The number of rotatable bonds is 7. The van der Waals surface area contributed by atoms with Gasteiger partial charge in [-0.05, 0) is 34.1 Å². The summed E-state index contributed by atoms with van der Waals surface area (Å²) >= 11 is 0. The molecule has 0 saturated carbocycles. The number of carboxylic acid groups (broad SMARTS) is 1. The van der Waals surface area contributed by atoms with Gasteiger partial charge in [0.1, 0.15) is 5.54 Å². The zero-order chi connectivity index (χ0) is 12.1. The first-order valence-electron chi connectivity index (χ1n) is 5.44. The molecule has 0 aliphatic rings. The molecule has 2 unspecified atom stereocenters. The van der Waals surface area contributed by atoms with E-state index >= 15 is 0 Å². The smallest absolute Gasteiger partial charge is 0.326 e. The third-order valence-electron chi connectivity index (χ3n) is 2.31. The van der Waals surface area contributed by atoms with E-state index < -0.39 is 11.5 Å². The molecule has 0 aliphatic carbocycles. The third-order valence-corrected chi connectivity index (χ3v) is 2.31. The Labute approximate surface area is 92.0 Å². The minimum Gasteiger partial charge on any atom is -0.480 e. The van der Waals surface area contributed by atoms with Crippen molar-refractivity contribution >= 4 is 5.97 Å². The highest BCUT2D eigenvalue weighted by Gasteiger charge is 2.34. The van der Waals surface area contributed by atoms with Gasteiger partial charge in [-0.2, -0.15) is 0 Å². The fourth-order valence-electron chi connectivity index (χ4n) is 1.23. The van der Waals surface area contributed by atoms with Crippen LogP contribution in [-0.4, -0.2) is 35.4 Å². The van der Waals surface area contributed by atoms with Crippen molar-refractivity contribution in [2.75, 3.05) is 6.61 Å². The van der Waals surface area contributed by atoms with Gasteiger partial charge in [0, 0.05) is 6.04 Å². The Morgan fingerprint density at radius 3 is 2.33 bits per heavy atom. The lowest BCUT2D eigenvalue weighted by molar-refractivity contribution is -0.148. The van der Waals surface area contributed by atoms with Crippen molar-refractivity contribution in [3.05, 3.63) is 0 Å². The minimum atomic E-state index is -1.00. The first kappa shape index (κ1) is 14.4. The van der Waals surface area contributed by atoms with E-state index in [4.69, 9.17) is 9.84 Å². The summed E-state index contributed by atoms with van der Waals surface area (Å²) in [7, 11) is 0. The van der Waals surface area contributed by atoms with Crippen LogP contribution in [0.15, 0.2) is 0 Å². The Hall–Kier alpha value is -0.610. The Morgan fingerprint density at radius 1 is 1.47 bits per heavy atom. The molecule has 0 heterocycles. The van der Waals surface area contributed by atoms with Gasteiger partial charge in [0.15, 0.2) is 0 Å². The van der Waals surface area contributed by atoms with Crippen LogP contribution in [0.2, 0.25) is 0 Å². The first-order chi connectivity index (χ1) is 6.81. The van der Waals surface area contributed by atoms with Gasteiger partial charge in [0.05, 0.1) is 12.7 Å². The van der Waals surface area contributed by atoms with Crippen LogP contribution >= 0.6 is 0 Å². The maximum absolute atomic E-state index is 11.1. The Balaban J connectivity index is 4.32. The molecule has 0 radical (unpaired) electrons. The fourth-order valence-corrected chi connectivity index (χ4v) is 1.23. The second-order valence-electron chi connectivity index (χ2n) is 4.47. The van der Waals surface area contributed by atoms with Crippen LogP contribution in [0.5, 0.6) is 0 Å². The van der Waals surface area contributed by atoms with Crippen molar-refractivity contribution in [3.63, 3.8) is 0 Å². The van der Waals surface area contributed by atoms with E-state index in [1.54, 1.807) is 6.92 Å². The topological polar surface area (TPSA) is 58.6 Å². The van der Waals surface area contributed by atoms with Crippen LogP contribution in [0.1, 0.15) is 41.0 Å². The quantitative estimate of drug-likeness (QED) is 0.680. The van der Waals surface area contributed by atoms with E-state index in [1.165, 1.54) is 0 Å². The predicted octanol–water partition coefficient (Wildman–Crippen LogP) is 1.64. The summed E-state index contributed by atoms with van der Waals surface area (Å²) in [5, 5.41) is 12.1. The van der Waals surface area contributed by atoms with E-state index in [9.17, 15) is 4.79 Å². The summed E-state index contributed by atoms with van der Waals surface area (Å²) in [5.41, 5.74) is -1.00. The molecule has 0 aromatic carbocycles. The summed E-state index contributed by atoms with van der Waals surface area (Å²) < 4.78 is 5.48. The molecule has 0 fully saturated rings. The maximum atomic E-state index is 11.1. The Kier molecular flexibility index (Phi) is 5.83. The number of carboxylic acids is 1. The van der Waals surface area contributed by atoms with Gasteiger partial charge in [0.25, 0.3) is 0 Å². The molecule has 0 saturated heterocycles. The highest BCUT2D eigenvalue weighted by molar-refractivity contribution is 5.78. The number of hydrogen-bond acceptors (Lipinski definition) is 3. The predicted molar refractivity (Wildman–Crippen MR) is 60.0 cm³/mol. The van der Waals surface area contributed by atoms with Crippen molar-refractivity contribution in [1.29, 1.82) is 0 Å². The van der Waals surface area contributed by atoms with E-state index in [-0.39, 0.29) is 18.8 Å². The molecule has 0 bridgehead atoms. The molecule has 0 aromatic rings. The van der Waals surface area contributed by atoms with Crippen LogP contribution in [0, 0.1) is 0 Å². The lowest BCUT2D eigenvalue weighted by Gasteiger charge is -2.29. The zero-order valence-electron chi connectivity index (χ0n) is 10.3. The molecular weight excluding hydrogens is 194 g/mol. The standard InChI is InChI=1S/C11H23NO3/c1-6-9(4)15-7-11(5,10(13)14)12-8(2)3/h8-9,12H,6-7H2,1-5H3,(H,13,14). The van der Waals surface area contributed by atoms with Crippen LogP contribution in [0.4, 0.5) is 0 Å². The van der Waals surface area contributed by atoms with Crippen molar-refractivity contribution in [2.45, 2.75) is 58.7 Å². The average Bonchev–Trinajstić information content (AvgIpc) is 2.12. The lowest BCUT2D eigenvalue weighted by Crippen LogP contribution is -2.56. The van der Waals surface area contributed by atoms with E-state index in [0.717, 1.165) is 6.42 Å². The van der Waals surface area contributed by atoms with Gasteiger partial charge in [-0.15, -0.1) is 0 Å². The molecule has 2 N–H and O–H groups in total. The molecular formula is C11H23NO3. The largest absolute Gasteiger partial charge is 0.480 e. The van der Waals surface area contributed by atoms with Gasteiger partial charge < -0.3 is 9.84 Å². The Morgan fingerprint density at radius 2 is 2.00 bits per heavy atom. The molecule has 2 atom stereocenters. The fraction of sp³-hybridized carbons (Fsp3) is 0.909. The normalized spacial score (nSPS) is 17.5. The minimum absolute atomic E-state index is 0.0950. The molecule has 90 valence electrons. The molecule has 0 aromatic heterocycles. The van der Waals surface area contributed by atoms with Crippen molar-refractivity contribution < 1.29 is 14.6 Å². The Bertz CT molecular complexity index is 206. The van der Waals surface area contributed by atoms with E-state index in [2.05, 4.69) is 5.32 Å². The van der Waals surface area contributed by atoms with Gasteiger partial charge in [-0.1, -0.05) is 6.92 Å². The van der Waals surface area contributed by atoms with E-state index in [1.807, 2.05) is 27.7 Å². The monoisotopic (exact) mass is 217 g/mol. The molecule has 0 rings (SSSR count). The molecule has 0 amide bonds. The average molecular weight is 217 g/mol. The van der Waals surface area contributed by atoms with Gasteiger partial charge in [0.2, 0.25) is 0 Å². The second kappa shape index (κ2) is 6.08. The number of carbonyl (C=O) groups is 1. The molecule has 4 nitrogen and oxygen atoms in total. The summed E-state index contributed by atoms with van der Waals surface area (Å²) in [4.78, 5) is 11.1. The number of hydrogen-bond donors (Lipinski definition) is 2. The van der Waals surface area contributed by atoms with Crippen molar-refractivity contribution in [2.24, 2.45) is 0 Å². The number of aliphatic carboxylic acids is 1.